The summed E-state index contributed by atoms with van der Waals surface area (Å²) in [5.41, 5.74) is 2.81. The van der Waals surface area contributed by atoms with E-state index in [9.17, 15) is 14.7 Å². The van der Waals surface area contributed by atoms with Crippen molar-refractivity contribution < 1.29 is 24.2 Å². The van der Waals surface area contributed by atoms with Crippen LogP contribution >= 0.6 is 23.2 Å². The van der Waals surface area contributed by atoms with Gasteiger partial charge >= 0.3 is 11.9 Å². The molecule has 4 rings (SSSR count). The third kappa shape index (κ3) is 6.09. The zero-order valence-electron chi connectivity index (χ0n) is 21.0. The number of methoxy groups -OCH3 is 1. The lowest BCUT2D eigenvalue weighted by Crippen LogP contribution is -2.38. The lowest BCUT2D eigenvalue weighted by atomic mass is 9.89. The van der Waals surface area contributed by atoms with E-state index in [2.05, 4.69) is 4.99 Å². The molecule has 0 radical (unpaired) electrons. The number of rotatable bonds is 10. The zero-order valence-corrected chi connectivity index (χ0v) is 22.5. The monoisotopic (exact) mass is 551 g/mol. The standard InChI is InChI=1S/C30H27Cl2NO5/c1-19(28(34)35)21-5-3-6-22(15-21)23-8-10-27(37-2)24(16-23)18-30(12-4-13-33-30)29(36)38-14-11-20-7-9-25(31)17-26(20)32/h3-10,12-13,15-17,19H,11,14,18H2,1-2H3,(H,34,35). The van der Waals surface area contributed by atoms with Crippen LogP contribution in [0.25, 0.3) is 11.1 Å². The smallest absolute Gasteiger partial charge is 0.338 e. The molecule has 1 aliphatic rings. The summed E-state index contributed by atoms with van der Waals surface area (Å²) in [7, 11) is 1.57. The second-order valence-corrected chi connectivity index (χ2v) is 9.92. The highest BCUT2D eigenvalue weighted by Crippen LogP contribution is 2.34. The lowest BCUT2D eigenvalue weighted by molar-refractivity contribution is -0.148. The van der Waals surface area contributed by atoms with Gasteiger partial charge in [0.25, 0.3) is 0 Å². The molecular formula is C30H27Cl2NO5. The Bertz CT molecular complexity index is 1400. The summed E-state index contributed by atoms with van der Waals surface area (Å²) in [4.78, 5) is 29.2. The molecule has 0 aliphatic carbocycles. The van der Waals surface area contributed by atoms with Crippen LogP contribution in [0.15, 0.2) is 77.8 Å². The van der Waals surface area contributed by atoms with E-state index in [1.165, 1.54) is 0 Å². The van der Waals surface area contributed by atoms with E-state index in [-0.39, 0.29) is 13.0 Å². The minimum absolute atomic E-state index is 0.136. The summed E-state index contributed by atoms with van der Waals surface area (Å²) in [5.74, 6) is -1.38. The number of hydrogen-bond acceptors (Lipinski definition) is 5. The molecule has 0 saturated heterocycles. The van der Waals surface area contributed by atoms with Gasteiger partial charge in [0, 0.05) is 29.1 Å². The molecule has 0 saturated carbocycles. The number of benzene rings is 3. The molecule has 1 N–H and O–H groups in total. The van der Waals surface area contributed by atoms with Crippen LogP contribution in [0.4, 0.5) is 0 Å². The molecule has 0 fully saturated rings. The fourth-order valence-electron chi connectivity index (χ4n) is 4.34. The molecule has 3 aromatic rings. The Labute approximate surface area is 231 Å². The van der Waals surface area contributed by atoms with Crippen molar-refractivity contribution in [2.24, 2.45) is 4.99 Å². The number of carboxylic acid groups (broad SMARTS) is 1. The van der Waals surface area contributed by atoms with Crippen LogP contribution in [0.5, 0.6) is 5.75 Å². The highest BCUT2D eigenvalue weighted by atomic mass is 35.5. The van der Waals surface area contributed by atoms with Gasteiger partial charge in [-0.25, -0.2) is 4.79 Å². The third-order valence-electron chi connectivity index (χ3n) is 6.57. The highest BCUT2D eigenvalue weighted by molar-refractivity contribution is 6.35. The first kappa shape index (κ1) is 27.4. The van der Waals surface area contributed by atoms with Gasteiger partial charge in [0.2, 0.25) is 0 Å². The summed E-state index contributed by atoms with van der Waals surface area (Å²) in [5, 5.41) is 10.5. The van der Waals surface area contributed by atoms with Gasteiger partial charge in [-0.2, -0.15) is 0 Å². The minimum atomic E-state index is -1.23. The lowest BCUT2D eigenvalue weighted by Gasteiger charge is -2.24. The number of aliphatic imine (C=N–C) groups is 1. The van der Waals surface area contributed by atoms with Gasteiger partial charge in [0.15, 0.2) is 5.54 Å². The maximum atomic E-state index is 13.3. The van der Waals surface area contributed by atoms with E-state index < -0.39 is 23.4 Å². The zero-order chi connectivity index (χ0) is 27.3. The predicted octanol–water partition coefficient (Wildman–Crippen LogP) is 6.56. The minimum Gasteiger partial charge on any atom is -0.496 e. The van der Waals surface area contributed by atoms with Crippen molar-refractivity contribution in [2.45, 2.75) is 31.2 Å². The van der Waals surface area contributed by atoms with Crippen LogP contribution in [-0.2, 0) is 27.2 Å². The first-order valence-electron chi connectivity index (χ1n) is 12.1. The average molecular weight is 552 g/mol. The fraction of sp³-hybridized carbons (Fsp3) is 0.233. The van der Waals surface area contributed by atoms with Crippen molar-refractivity contribution >= 4 is 41.4 Å². The van der Waals surface area contributed by atoms with Gasteiger partial charge in [-0.1, -0.05) is 59.6 Å². The van der Waals surface area contributed by atoms with Crippen LogP contribution in [0, 0.1) is 0 Å². The number of esters is 1. The first-order valence-corrected chi connectivity index (χ1v) is 12.8. The molecule has 6 nitrogen and oxygen atoms in total. The van der Waals surface area contributed by atoms with Gasteiger partial charge in [0.1, 0.15) is 5.75 Å². The molecule has 3 aromatic carbocycles. The highest BCUT2D eigenvalue weighted by Gasteiger charge is 2.39. The number of aliphatic carboxylic acids is 1. The van der Waals surface area contributed by atoms with E-state index in [0.717, 1.165) is 22.3 Å². The third-order valence-corrected chi connectivity index (χ3v) is 7.15. The molecular weight excluding hydrogens is 525 g/mol. The molecule has 1 aliphatic heterocycles. The SMILES string of the molecule is COc1ccc(-c2cccc(C(C)C(=O)O)c2)cc1CC1(C(=O)OCCc2ccc(Cl)cc2Cl)C=CC=N1. The first-order chi connectivity index (χ1) is 18.2. The summed E-state index contributed by atoms with van der Waals surface area (Å²) in [6.07, 6.45) is 5.71. The maximum absolute atomic E-state index is 13.3. The van der Waals surface area contributed by atoms with Crippen LogP contribution in [0.2, 0.25) is 10.0 Å². The molecule has 0 spiro atoms. The van der Waals surface area contributed by atoms with Crippen molar-refractivity contribution in [3.63, 3.8) is 0 Å². The second-order valence-electron chi connectivity index (χ2n) is 9.07. The summed E-state index contributed by atoms with van der Waals surface area (Å²) in [6.45, 7) is 1.79. The summed E-state index contributed by atoms with van der Waals surface area (Å²) >= 11 is 12.2. The molecule has 8 heteroatoms. The Morgan fingerprint density at radius 3 is 2.50 bits per heavy atom. The predicted molar refractivity (Wildman–Crippen MR) is 150 cm³/mol. The summed E-state index contributed by atoms with van der Waals surface area (Å²) < 4.78 is 11.2. The van der Waals surface area contributed by atoms with Gasteiger partial charge in [0.05, 0.1) is 19.6 Å². The molecule has 1 heterocycles. The largest absolute Gasteiger partial charge is 0.496 e. The number of allylic oxidation sites excluding steroid dienone is 1. The number of hydrogen-bond donors (Lipinski definition) is 1. The molecule has 0 bridgehead atoms. The second kappa shape index (κ2) is 11.8. The topological polar surface area (TPSA) is 85.2 Å². The number of carbonyl (C=O) groups is 2. The quantitative estimate of drug-likeness (QED) is 0.288. The normalized spacial score (nSPS) is 16.8. The van der Waals surface area contributed by atoms with E-state index in [4.69, 9.17) is 32.7 Å². The van der Waals surface area contributed by atoms with Gasteiger partial charge in [-0.3, -0.25) is 9.79 Å². The Kier molecular flexibility index (Phi) is 8.55. The Morgan fingerprint density at radius 1 is 1.03 bits per heavy atom. The van der Waals surface area contributed by atoms with E-state index in [0.29, 0.717) is 27.8 Å². The number of ether oxygens (including phenoxy) is 2. The van der Waals surface area contributed by atoms with Crippen molar-refractivity contribution in [3.05, 3.63) is 99.6 Å². The van der Waals surface area contributed by atoms with Crippen molar-refractivity contribution in [3.8, 4) is 16.9 Å². The molecule has 38 heavy (non-hydrogen) atoms. The van der Waals surface area contributed by atoms with Crippen LogP contribution in [-0.4, -0.2) is 42.5 Å². The molecule has 0 aromatic heterocycles. The van der Waals surface area contributed by atoms with E-state index in [1.807, 2.05) is 42.5 Å². The summed E-state index contributed by atoms with van der Waals surface area (Å²) in [6, 6.07) is 18.3. The van der Waals surface area contributed by atoms with Gasteiger partial charge in [-0.05, 0) is 71.2 Å². The number of halogens is 2. The molecule has 196 valence electrons. The van der Waals surface area contributed by atoms with Crippen LogP contribution in [0.1, 0.15) is 29.5 Å². The van der Waals surface area contributed by atoms with Crippen LogP contribution < -0.4 is 4.74 Å². The Morgan fingerprint density at radius 2 is 1.82 bits per heavy atom. The van der Waals surface area contributed by atoms with Gasteiger partial charge < -0.3 is 14.6 Å². The molecule has 0 amide bonds. The number of carboxylic acids is 1. The molecule has 2 unspecified atom stereocenters. The maximum Gasteiger partial charge on any atom is 0.338 e. The average Bonchev–Trinajstić information content (AvgIpc) is 3.39. The van der Waals surface area contributed by atoms with Gasteiger partial charge in [-0.15, -0.1) is 0 Å². The van der Waals surface area contributed by atoms with Crippen molar-refractivity contribution in [1.82, 2.24) is 0 Å². The van der Waals surface area contributed by atoms with E-state index in [1.54, 1.807) is 50.6 Å². The Balaban J connectivity index is 1.56. The number of carbonyl (C=O) groups excluding carboxylic acids is 1. The Hall–Kier alpha value is -3.61. The van der Waals surface area contributed by atoms with E-state index >= 15 is 0 Å². The number of nitrogens with zero attached hydrogens (tertiary/aromatic N) is 1. The van der Waals surface area contributed by atoms with Crippen molar-refractivity contribution in [1.29, 1.82) is 0 Å². The van der Waals surface area contributed by atoms with Crippen molar-refractivity contribution in [2.75, 3.05) is 13.7 Å². The fourth-order valence-corrected chi connectivity index (χ4v) is 4.84. The molecule has 2 atom stereocenters. The van der Waals surface area contributed by atoms with Crippen LogP contribution in [0.3, 0.4) is 0 Å².